The molecule has 156 valence electrons. The van der Waals surface area contributed by atoms with Crippen molar-refractivity contribution >= 4 is 23.4 Å². The summed E-state index contributed by atoms with van der Waals surface area (Å²) in [5.41, 5.74) is 6.40. The van der Waals surface area contributed by atoms with Gasteiger partial charge in [0.25, 0.3) is 5.91 Å². The zero-order chi connectivity index (χ0) is 21.3. The lowest BCUT2D eigenvalue weighted by molar-refractivity contribution is 0.0954. The second-order valence-electron chi connectivity index (χ2n) is 6.85. The number of carbonyl (C=O) groups is 1. The van der Waals surface area contributed by atoms with Crippen molar-refractivity contribution in [2.45, 2.75) is 30.7 Å². The van der Waals surface area contributed by atoms with Gasteiger partial charge in [-0.05, 0) is 55.2 Å². The van der Waals surface area contributed by atoms with Gasteiger partial charge < -0.3 is 9.30 Å². The molecule has 3 rings (SSSR count). The Morgan fingerprint density at radius 1 is 1.13 bits per heavy atom. The van der Waals surface area contributed by atoms with E-state index < -0.39 is 0 Å². The van der Waals surface area contributed by atoms with E-state index >= 15 is 0 Å². The molecule has 1 N–H and O–H groups in total. The smallest absolute Gasteiger partial charge is 0.271 e. The van der Waals surface area contributed by atoms with Crippen LogP contribution in [0.25, 0.3) is 0 Å². The molecule has 2 aromatic carbocycles. The fourth-order valence-corrected chi connectivity index (χ4v) is 3.53. The number of rotatable bonds is 9. The molecule has 0 aliphatic heterocycles. The molecule has 7 nitrogen and oxygen atoms in total. The molecule has 0 fully saturated rings. The Kier molecular flexibility index (Phi) is 7.62. The van der Waals surface area contributed by atoms with Gasteiger partial charge in [-0.25, -0.2) is 5.43 Å². The minimum absolute atomic E-state index is 0.216. The van der Waals surface area contributed by atoms with Gasteiger partial charge in [0.05, 0.1) is 7.11 Å². The molecule has 0 spiro atoms. The Hall–Kier alpha value is -3.13. The van der Waals surface area contributed by atoms with E-state index in [0.717, 1.165) is 40.8 Å². The molecule has 1 amide bonds. The number of hydrogen-bond donors (Lipinski definition) is 1. The SMILES string of the molecule is COc1ccc(CC/C(C)=N\NC(=O)c2ccc(CSc3nncn3C)cc2)cc1. The molecule has 1 heterocycles. The Labute approximate surface area is 180 Å². The van der Waals surface area contributed by atoms with Crippen LogP contribution in [-0.4, -0.2) is 33.5 Å². The quantitative estimate of drug-likeness (QED) is 0.321. The van der Waals surface area contributed by atoms with Crippen molar-refractivity contribution in [2.75, 3.05) is 7.11 Å². The number of aryl methyl sites for hydroxylation is 2. The molecule has 3 aromatic rings. The Morgan fingerprint density at radius 2 is 1.83 bits per heavy atom. The molecule has 30 heavy (non-hydrogen) atoms. The first-order valence-corrected chi connectivity index (χ1v) is 10.6. The van der Waals surface area contributed by atoms with Crippen LogP contribution in [0.5, 0.6) is 5.75 Å². The molecule has 0 radical (unpaired) electrons. The number of thioether (sulfide) groups is 1. The van der Waals surface area contributed by atoms with Crippen LogP contribution in [0.2, 0.25) is 0 Å². The highest BCUT2D eigenvalue weighted by molar-refractivity contribution is 7.98. The lowest BCUT2D eigenvalue weighted by Gasteiger charge is -2.06. The minimum atomic E-state index is -0.216. The van der Waals surface area contributed by atoms with Crippen LogP contribution < -0.4 is 10.2 Å². The van der Waals surface area contributed by atoms with Gasteiger partial charge in [-0.3, -0.25) is 4.79 Å². The van der Waals surface area contributed by atoms with Gasteiger partial charge in [-0.1, -0.05) is 36.0 Å². The molecule has 0 saturated heterocycles. The van der Waals surface area contributed by atoms with Crippen molar-refractivity contribution < 1.29 is 9.53 Å². The predicted molar refractivity (Wildman–Crippen MR) is 119 cm³/mol. The summed E-state index contributed by atoms with van der Waals surface area (Å²) in [6.07, 6.45) is 3.30. The zero-order valence-corrected chi connectivity index (χ0v) is 18.1. The van der Waals surface area contributed by atoms with E-state index in [2.05, 4.69) is 20.7 Å². The third kappa shape index (κ3) is 6.18. The van der Waals surface area contributed by atoms with Crippen molar-refractivity contribution in [1.82, 2.24) is 20.2 Å². The van der Waals surface area contributed by atoms with Crippen molar-refractivity contribution in [3.8, 4) is 5.75 Å². The summed E-state index contributed by atoms with van der Waals surface area (Å²) in [7, 11) is 3.57. The van der Waals surface area contributed by atoms with Gasteiger partial charge in [0.1, 0.15) is 12.1 Å². The molecule has 8 heteroatoms. The monoisotopic (exact) mass is 423 g/mol. The molecule has 0 saturated carbocycles. The zero-order valence-electron chi connectivity index (χ0n) is 17.3. The standard InChI is InChI=1S/C22H25N5O2S/c1-16(4-5-17-8-12-20(29-3)13-9-17)24-25-21(28)19-10-6-18(7-11-19)14-30-22-26-23-15-27(22)2/h6-13,15H,4-5,14H2,1-3H3,(H,25,28)/b24-16-. The first kappa shape index (κ1) is 21.6. The molecule has 1 aromatic heterocycles. The topological polar surface area (TPSA) is 81.4 Å². The molecule has 0 atom stereocenters. The van der Waals surface area contributed by atoms with Crippen LogP contribution in [-0.2, 0) is 19.2 Å². The van der Waals surface area contributed by atoms with Crippen molar-refractivity contribution in [2.24, 2.45) is 12.1 Å². The van der Waals surface area contributed by atoms with Crippen LogP contribution in [0, 0.1) is 0 Å². The highest BCUT2D eigenvalue weighted by Crippen LogP contribution is 2.20. The number of nitrogens with one attached hydrogen (secondary N) is 1. The predicted octanol–water partition coefficient (Wildman–Crippen LogP) is 3.85. The number of ether oxygens (including phenoxy) is 1. The van der Waals surface area contributed by atoms with E-state index in [9.17, 15) is 4.79 Å². The van der Waals surface area contributed by atoms with Crippen LogP contribution in [0.15, 0.2) is 65.1 Å². The second kappa shape index (κ2) is 10.6. The van der Waals surface area contributed by atoms with Crippen molar-refractivity contribution in [1.29, 1.82) is 0 Å². The fourth-order valence-electron chi connectivity index (χ4n) is 2.69. The number of hydrogen-bond acceptors (Lipinski definition) is 6. The lowest BCUT2D eigenvalue weighted by atomic mass is 10.1. The van der Waals surface area contributed by atoms with Gasteiger partial charge in [0.2, 0.25) is 0 Å². The third-order valence-corrected chi connectivity index (χ3v) is 5.64. The van der Waals surface area contributed by atoms with Gasteiger partial charge in [0.15, 0.2) is 5.16 Å². The molecule has 0 aliphatic rings. The number of amides is 1. The summed E-state index contributed by atoms with van der Waals surface area (Å²) < 4.78 is 7.04. The van der Waals surface area contributed by atoms with Crippen LogP contribution in [0.4, 0.5) is 0 Å². The summed E-state index contributed by atoms with van der Waals surface area (Å²) in [6.45, 7) is 1.91. The van der Waals surface area contributed by atoms with E-state index in [1.165, 1.54) is 5.56 Å². The number of hydrazone groups is 1. The lowest BCUT2D eigenvalue weighted by Crippen LogP contribution is -2.19. The Morgan fingerprint density at radius 3 is 2.47 bits per heavy atom. The van der Waals surface area contributed by atoms with Crippen LogP contribution in [0.3, 0.4) is 0 Å². The maximum Gasteiger partial charge on any atom is 0.271 e. The highest BCUT2D eigenvalue weighted by Gasteiger charge is 2.06. The summed E-state index contributed by atoms with van der Waals surface area (Å²) >= 11 is 1.60. The number of benzene rings is 2. The third-order valence-electron chi connectivity index (χ3n) is 4.54. The van der Waals surface area contributed by atoms with Gasteiger partial charge in [0, 0.05) is 24.1 Å². The summed E-state index contributed by atoms with van der Waals surface area (Å²) in [5.74, 6) is 1.39. The Balaban J connectivity index is 1.46. The summed E-state index contributed by atoms with van der Waals surface area (Å²) in [4.78, 5) is 12.3. The van der Waals surface area contributed by atoms with E-state index in [0.29, 0.717) is 5.56 Å². The maximum absolute atomic E-state index is 12.3. The highest BCUT2D eigenvalue weighted by atomic mass is 32.2. The van der Waals surface area contributed by atoms with Crippen LogP contribution in [0.1, 0.15) is 34.8 Å². The number of aromatic nitrogens is 3. The first-order chi connectivity index (χ1) is 14.5. The van der Waals surface area contributed by atoms with E-state index in [4.69, 9.17) is 4.74 Å². The fraction of sp³-hybridized carbons (Fsp3) is 0.273. The molecular weight excluding hydrogens is 398 g/mol. The number of methoxy groups -OCH3 is 1. The summed E-state index contributed by atoms with van der Waals surface area (Å²) in [6, 6.07) is 15.5. The number of nitrogens with zero attached hydrogens (tertiary/aromatic N) is 4. The average molecular weight is 424 g/mol. The summed E-state index contributed by atoms with van der Waals surface area (Å²) in [5, 5.41) is 13.0. The minimum Gasteiger partial charge on any atom is -0.497 e. The van der Waals surface area contributed by atoms with Crippen molar-refractivity contribution in [3.63, 3.8) is 0 Å². The first-order valence-electron chi connectivity index (χ1n) is 9.57. The average Bonchev–Trinajstić information content (AvgIpc) is 3.20. The Bertz CT molecular complexity index is 997. The second-order valence-corrected chi connectivity index (χ2v) is 7.79. The van der Waals surface area contributed by atoms with E-state index in [1.54, 1.807) is 25.2 Å². The van der Waals surface area contributed by atoms with Crippen LogP contribution >= 0.6 is 11.8 Å². The van der Waals surface area contributed by atoms with Gasteiger partial charge >= 0.3 is 0 Å². The largest absolute Gasteiger partial charge is 0.497 e. The normalized spacial score (nSPS) is 11.4. The van der Waals surface area contributed by atoms with Crippen molar-refractivity contribution in [3.05, 3.63) is 71.5 Å². The molecular formula is C22H25N5O2S. The maximum atomic E-state index is 12.3. The van der Waals surface area contributed by atoms with E-state index in [-0.39, 0.29) is 5.91 Å². The van der Waals surface area contributed by atoms with E-state index in [1.807, 2.05) is 67.1 Å². The number of carbonyl (C=O) groups excluding carboxylic acids is 1. The molecule has 0 unspecified atom stereocenters. The van der Waals surface area contributed by atoms with Gasteiger partial charge in [-0.2, -0.15) is 5.10 Å². The van der Waals surface area contributed by atoms with Gasteiger partial charge in [-0.15, -0.1) is 10.2 Å². The molecule has 0 bridgehead atoms. The molecule has 0 aliphatic carbocycles.